The largest absolute Gasteiger partial charge is 0.458 e. The topological polar surface area (TPSA) is 129 Å². The molecule has 0 unspecified atom stereocenters. The lowest BCUT2D eigenvalue weighted by atomic mass is 9.42. The van der Waals surface area contributed by atoms with Gasteiger partial charge in [-0.15, -0.1) is 0 Å². The van der Waals surface area contributed by atoms with Gasteiger partial charge in [0.15, 0.2) is 11.9 Å². The maximum Gasteiger partial charge on any atom is 0.333 e. The van der Waals surface area contributed by atoms with Crippen LogP contribution in [0, 0.1) is 28.6 Å². The van der Waals surface area contributed by atoms with Gasteiger partial charge in [-0.25, -0.2) is 9.59 Å². The summed E-state index contributed by atoms with van der Waals surface area (Å²) in [6.45, 7) is 10.9. The second-order valence-corrected chi connectivity index (χ2v) is 15.1. The summed E-state index contributed by atoms with van der Waals surface area (Å²) in [5.74, 6) is -2.62. The van der Waals surface area contributed by atoms with Crippen LogP contribution in [0.5, 0.6) is 0 Å². The zero-order chi connectivity index (χ0) is 34.4. The van der Waals surface area contributed by atoms with Crippen molar-refractivity contribution < 1.29 is 43.2 Å². The van der Waals surface area contributed by atoms with Crippen LogP contribution in [0.25, 0.3) is 6.08 Å². The van der Waals surface area contributed by atoms with Gasteiger partial charge in [-0.05, 0) is 81.7 Å². The lowest BCUT2D eigenvalue weighted by Crippen LogP contribution is -2.70. The zero-order valence-electron chi connectivity index (χ0n) is 28.4. The molecule has 3 fully saturated rings. The first kappa shape index (κ1) is 32.7. The summed E-state index contributed by atoms with van der Waals surface area (Å²) in [6.07, 6.45) is 7.47. The number of hydrogen-bond acceptors (Lipinski definition) is 9. The number of benzene rings is 1. The van der Waals surface area contributed by atoms with Crippen LogP contribution in [0.2, 0.25) is 0 Å². The van der Waals surface area contributed by atoms with Crippen molar-refractivity contribution in [3.8, 4) is 0 Å². The van der Waals surface area contributed by atoms with Crippen molar-refractivity contribution in [1.82, 2.24) is 0 Å². The molecular formula is C39H44O9. The van der Waals surface area contributed by atoms with Crippen molar-refractivity contribution in [2.75, 3.05) is 0 Å². The van der Waals surface area contributed by atoms with Crippen LogP contribution >= 0.6 is 0 Å². The number of esters is 3. The Labute approximate surface area is 281 Å². The maximum absolute atomic E-state index is 14.0. The predicted octanol–water partition coefficient (Wildman–Crippen LogP) is 5.22. The van der Waals surface area contributed by atoms with Crippen LogP contribution in [-0.4, -0.2) is 64.4 Å². The molecule has 2 heterocycles. The third-order valence-corrected chi connectivity index (χ3v) is 12.9. The second-order valence-electron chi connectivity index (χ2n) is 15.1. The number of aliphatic hydroxyl groups is 1. The average Bonchev–Trinajstić information content (AvgIpc) is 3.74. The number of ketones is 1. The maximum atomic E-state index is 14.0. The molecular weight excluding hydrogens is 612 g/mol. The number of carbonyl (C=O) groups excluding carboxylic acids is 4. The molecule has 1 aromatic rings. The molecule has 9 nitrogen and oxygen atoms in total. The van der Waals surface area contributed by atoms with Crippen LogP contribution in [0.4, 0.5) is 0 Å². The Hall–Kier alpha value is -3.82. The molecule has 7 rings (SSSR count). The Morgan fingerprint density at radius 3 is 2.48 bits per heavy atom. The molecule has 9 heteroatoms. The van der Waals surface area contributed by atoms with E-state index in [9.17, 15) is 24.3 Å². The minimum absolute atomic E-state index is 0.130. The van der Waals surface area contributed by atoms with E-state index in [1.54, 1.807) is 19.1 Å². The number of epoxide rings is 1. The summed E-state index contributed by atoms with van der Waals surface area (Å²) in [5, 5.41) is 13.1. The zero-order valence-corrected chi connectivity index (χ0v) is 28.4. The molecule has 4 aliphatic carbocycles. The number of hydrogen-bond donors (Lipinski definition) is 1. The molecule has 2 aliphatic heterocycles. The van der Waals surface area contributed by atoms with E-state index in [0.717, 1.165) is 16.7 Å². The fourth-order valence-corrected chi connectivity index (χ4v) is 10.1. The highest BCUT2D eigenvalue weighted by Crippen LogP contribution is 2.74. The highest BCUT2D eigenvalue weighted by molar-refractivity contribution is 5.98. The van der Waals surface area contributed by atoms with Crippen LogP contribution in [-0.2, 0) is 38.1 Å². The van der Waals surface area contributed by atoms with E-state index in [1.165, 1.54) is 19.1 Å². The lowest BCUT2D eigenvalue weighted by molar-refractivity contribution is -0.225. The number of carbonyl (C=O) groups is 4. The Kier molecular flexibility index (Phi) is 7.57. The van der Waals surface area contributed by atoms with Crippen molar-refractivity contribution in [3.05, 3.63) is 76.9 Å². The quantitative estimate of drug-likeness (QED) is 0.144. The molecule has 0 bridgehead atoms. The van der Waals surface area contributed by atoms with Gasteiger partial charge in [-0.3, -0.25) is 9.59 Å². The SMILES string of the molecule is CC(=O)O[C@H]1C=C([C@H](C)[C@H]2CC(C)=C(C)C(=O)O2)[C@@]2(C)CC[C@H]3[C@@H](C[C@H]4O[C@]45[C@@H](OC(=O)/C=C/c4ccccc4)C=CC(=O)[C@]35C)[C@]12O. The summed E-state index contributed by atoms with van der Waals surface area (Å²) in [7, 11) is 0. The van der Waals surface area contributed by atoms with Gasteiger partial charge in [0.2, 0.25) is 0 Å². The van der Waals surface area contributed by atoms with Gasteiger partial charge in [0.25, 0.3) is 0 Å². The van der Waals surface area contributed by atoms with E-state index in [4.69, 9.17) is 18.9 Å². The Bertz CT molecular complexity index is 1700. The van der Waals surface area contributed by atoms with E-state index >= 15 is 0 Å². The van der Waals surface area contributed by atoms with Crippen molar-refractivity contribution in [3.63, 3.8) is 0 Å². The molecule has 254 valence electrons. The molecule has 1 spiro atoms. The predicted molar refractivity (Wildman–Crippen MR) is 175 cm³/mol. The molecule has 48 heavy (non-hydrogen) atoms. The summed E-state index contributed by atoms with van der Waals surface area (Å²) in [5.41, 5.74) is -1.22. The Balaban J connectivity index is 1.21. The summed E-state index contributed by atoms with van der Waals surface area (Å²) < 4.78 is 24.3. The highest BCUT2D eigenvalue weighted by atomic mass is 16.7. The smallest absolute Gasteiger partial charge is 0.333 e. The van der Waals surface area contributed by atoms with E-state index in [1.807, 2.05) is 64.1 Å². The number of fused-ring (bicyclic) bond motifs is 4. The van der Waals surface area contributed by atoms with Crippen molar-refractivity contribution in [2.45, 2.75) is 103 Å². The fraction of sp³-hybridized carbons (Fsp3) is 0.538. The van der Waals surface area contributed by atoms with Gasteiger partial charge < -0.3 is 24.1 Å². The van der Waals surface area contributed by atoms with Gasteiger partial charge in [0.05, 0.1) is 11.5 Å². The van der Waals surface area contributed by atoms with E-state index in [-0.39, 0.29) is 23.6 Å². The highest BCUT2D eigenvalue weighted by Gasteiger charge is 2.83. The van der Waals surface area contributed by atoms with E-state index in [0.29, 0.717) is 31.3 Å². The minimum atomic E-state index is -1.56. The first-order chi connectivity index (χ1) is 22.7. The van der Waals surface area contributed by atoms with Crippen molar-refractivity contribution in [2.24, 2.45) is 28.6 Å². The summed E-state index contributed by atoms with van der Waals surface area (Å²) in [4.78, 5) is 52.3. The number of allylic oxidation sites excluding steroid dienone is 1. The van der Waals surface area contributed by atoms with Gasteiger partial charge in [-0.1, -0.05) is 55.3 Å². The number of cyclic esters (lactones) is 1. The van der Waals surface area contributed by atoms with Crippen LogP contribution in [0.15, 0.2) is 71.4 Å². The Morgan fingerprint density at radius 1 is 1.06 bits per heavy atom. The summed E-state index contributed by atoms with van der Waals surface area (Å²) in [6, 6.07) is 9.43. The third kappa shape index (κ3) is 4.42. The molecule has 1 saturated heterocycles. The molecule has 0 amide bonds. The van der Waals surface area contributed by atoms with Crippen LogP contribution in [0.3, 0.4) is 0 Å². The average molecular weight is 657 g/mol. The standard InChI is InChI=1S/C39H44O9/c1-21-18-29(46-35(43)22(21)2)23(3)27-19-32(45-24(4)40)38(44)28-20-33-39(48-33)31(47-34(42)15-12-25-10-8-7-9-11-25)14-13-30(41)37(39,6)26(28)16-17-36(27,38)5/h7-15,19,23,26,28-29,31-33,44H,16-18,20H2,1-6H3/b15-12+/t23-,26-,28+,29+,31-,32-,33+,36+,37-,38-,39+/m0/s1. The Morgan fingerprint density at radius 2 is 1.79 bits per heavy atom. The molecule has 0 radical (unpaired) electrons. The monoisotopic (exact) mass is 656 g/mol. The molecule has 2 saturated carbocycles. The van der Waals surface area contributed by atoms with Crippen LogP contribution < -0.4 is 0 Å². The first-order valence-corrected chi connectivity index (χ1v) is 17.0. The molecule has 1 N–H and O–H groups in total. The lowest BCUT2D eigenvalue weighted by Gasteiger charge is -2.61. The van der Waals surface area contributed by atoms with Crippen molar-refractivity contribution >= 4 is 29.8 Å². The fourth-order valence-electron chi connectivity index (χ4n) is 10.1. The van der Waals surface area contributed by atoms with Crippen molar-refractivity contribution in [1.29, 1.82) is 0 Å². The van der Waals surface area contributed by atoms with Gasteiger partial charge >= 0.3 is 17.9 Å². The van der Waals surface area contributed by atoms with Crippen LogP contribution in [0.1, 0.15) is 72.8 Å². The van der Waals surface area contributed by atoms with Gasteiger partial charge in [0, 0.05) is 36.3 Å². The molecule has 11 atom stereocenters. The minimum Gasteiger partial charge on any atom is -0.458 e. The number of rotatable bonds is 6. The number of ether oxygens (including phenoxy) is 4. The second kappa shape index (κ2) is 11.1. The van der Waals surface area contributed by atoms with E-state index < -0.39 is 64.3 Å². The third-order valence-electron chi connectivity index (χ3n) is 12.9. The summed E-state index contributed by atoms with van der Waals surface area (Å²) >= 11 is 0. The van der Waals surface area contributed by atoms with Gasteiger partial charge in [-0.2, -0.15) is 0 Å². The van der Waals surface area contributed by atoms with Gasteiger partial charge in [0.1, 0.15) is 23.4 Å². The molecule has 0 aromatic heterocycles. The molecule has 6 aliphatic rings. The normalized spacial score (nSPS) is 41.8. The van der Waals surface area contributed by atoms with E-state index in [2.05, 4.69) is 0 Å². The first-order valence-electron chi connectivity index (χ1n) is 17.0. The molecule has 1 aromatic carbocycles.